The van der Waals surface area contributed by atoms with Gasteiger partial charge in [0.25, 0.3) is 0 Å². The Labute approximate surface area is 183 Å². The highest BCUT2D eigenvalue weighted by Gasteiger charge is 2.40. The van der Waals surface area contributed by atoms with Crippen LogP contribution >= 0.6 is 11.6 Å². The predicted octanol–water partition coefficient (Wildman–Crippen LogP) is 4.88. The van der Waals surface area contributed by atoms with Gasteiger partial charge in [-0.15, -0.1) is 0 Å². The van der Waals surface area contributed by atoms with E-state index in [0.717, 1.165) is 24.0 Å². The molecule has 164 valence electrons. The number of halogens is 1. The molecule has 0 aliphatic carbocycles. The van der Waals surface area contributed by atoms with E-state index in [1.165, 1.54) is 0 Å². The molecule has 1 atom stereocenters. The molecule has 1 heterocycles. The minimum absolute atomic E-state index is 0.0332. The number of hydrogen-bond donors (Lipinski definition) is 2. The van der Waals surface area contributed by atoms with Gasteiger partial charge < -0.3 is 14.9 Å². The first-order chi connectivity index (χ1) is 14.0. The highest BCUT2D eigenvalue weighted by molar-refractivity contribution is 6.33. The van der Waals surface area contributed by atoms with Crippen molar-refractivity contribution in [3.05, 3.63) is 51.1 Å². The molecular weight excluding hydrogens is 404 g/mol. The lowest BCUT2D eigenvalue weighted by molar-refractivity contribution is -0.129. The van der Waals surface area contributed by atoms with Gasteiger partial charge in [-0.3, -0.25) is 9.59 Å². The number of rotatable bonds is 8. The van der Waals surface area contributed by atoms with Crippen molar-refractivity contribution in [3.63, 3.8) is 0 Å². The Morgan fingerprint density at radius 1 is 1.33 bits per heavy atom. The van der Waals surface area contributed by atoms with E-state index in [2.05, 4.69) is 6.08 Å². The zero-order chi connectivity index (χ0) is 22.6. The SMILES string of the molecule is CC(=CCc1cc(C(=O)CO)c(C)c(Cl)c1O)CCC=C(C)C1CC(=O)C(C)(C)O1. The molecule has 2 N–H and O–H groups in total. The molecule has 1 aromatic carbocycles. The molecule has 1 aromatic rings. The molecule has 0 radical (unpaired) electrons. The molecule has 0 aromatic heterocycles. The zero-order valence-corrected chi connectivity index (χ0v) is 19.1. The lowest BCUT2D eigenvalue weighted by Crippen LogP contribution is -2.27. The first-order valence-electron chi connectivity index (χ1n) is 10.2. The van der Waals surface area contributed by atoms with Crippen molar-refractivity contribution in [2.75, 3.05) is 6.61 Å². The van der Waals surface area contributed by atoms with E-state index in [1.807, 2.05) is 33.8 Å². The van der Waals surface area contributed by atoms with Gasteiger partial charge in [0.15, 0.2) is 11.6 Å². The molecular formula is C24H31ClO5. The Morgan fingerprint density at radius 2 is 2.00 bits per heavy atom. The Kier molecular flexibility index (Phi) is 8.03. The number of phenolic OH excluding ortho intramolecular Hbond substituents is 1. The number of phenols is 1. The number of ether oxygens (including phenoxy) is 1. The number of hydrogen-bond acceptors (Lipinski definition) is 5. The van der Waals surface area contributed by atoms with Gasteiger partial charge in [-0.2, -0.15) is 0 Å². The van der Waals surface area contributed by atoms with Crippen molar-refractivity contribution in [2.24, 2.45) is 0 Å². The lowest BCUT2D eigenvalue weighted by atomic mass is 9.97. The second-order valence-corrected chi connectivity index (χ2v) is 8.82. The van der Waals surface area contributed by atoms with E-state index >= 15 is 0 Å². The van der Waals surface area contributed by atoms with E-state index in [4.69, 9.17) is 21.4 Å². The monoisotopic (exact) mass is 434 g/mol. The molecule has 1 saturated heterocycles. The van der Waals surface area contributed by atoms with E-state index in [-0.39, 0.29) is 22.7 Å². The average Bonchev–Trinajstić information content (AvgIpc) is 2.97. The maximum atomic E-state index is 11.9. The summed E-state index contributed by atoms with van der Waals surface area (Å²) in [6, 6.07) is 1.60. The van der Waals surface area contributed by atoms with Crippen molar-refractivity contribution in [1.29, 1.82) is 0 Å². The third-order valence-corrected chi connectivity index (χ3v) is 6.13. The van der Waals surface area contributed by atoms with Crippen molar-refractivity contribution < 1.29 is 24.5 Å². The second kappa shape index (κ2) is 9.90. The Hall–Kier alpha value is -1.95. The van der Waals surface area contributed by atoms with Crippen LogP contribution in [0.15, 0.2) is 29.4 Å². The number of allylic oxidation sites excluding steroid dienone is 3. The molecule has 0 saturated carbocycles. The van der Waals surface area contributed by atoms with Crippen LogP contribution in [0.1, 0.15) is 68.4 Å². The molecule has 1 unspecified atom stereocenters. The fraction of sp³-hybridized carbons (Fsp3) is 0.500. The minimum Gasteiger partial charge on any atom is -0.506 e. The van der Waals surface area contributed by atoms with Gasteiger partial charge in [0, 0.05) is 12.0 Å². The summed E-state index contributed by atoms with van der Waals surface area (Å²) in [6.07, 6.45) is 6.45. The van der Waals surface area contributed by atoms with Crippen LogP contribution in [-0.2, 0) is 16.0 Å². The molecule has 5 nitrogen and oxygen atoms in total. The summed E-state index contributed by atoms with van der Waals surface area (Å²) < 4.78 is 5.84. The van der Waals surface area contributed by atoms with Crippen LogP contribution in [-0.4, -0.2) is 40.1 Å². The summed E-state index contributed by atoms with van der Waals surface area (Å²) in [5.41, 5.74) is 2.84. The number of carbonyl (C=O) groups excluding carboxylic acids is 2. The molecule has 1 aliphatic heterocycles. The van der Waals surface area contributed by atoms with E-state index in [1.54, 1.807) is 13.0 Å². The largest absolute Gasteiger partial charge is 0.506 e. The fourth-order valence-corrected chi connectivity index (χ4v) is 3.72. The standard InChI is InChI=1S/C24H31ClO5/c1-14(7-6-8-15(2)20-12-21(28)24(4,5)30-20)9-10-17-11-18(19(27)13-26)16(3)22(25)23(17)29/h8-9,11,20,26,29H,6-7,10,12-13H2,1-5H3. The third-order valence-electron chi connectivity index (χ3n) is 5.67. The van der Waals surface area contributed by atoms with Crippen molar-refractivity contribution in [2.45, 2.75) is 72.0 Å². The minimum atomic E-state index is -0.705. The number of aliphatic hydroxyl groups excluding tert-OH is 1. The van der Waals surface area contributed by atoms with Gasteiger partial charge in [0.2, 0.25) is 0 Å². The van der Waals surface area contributed by atoms with Gasteiger partial charge in [0.05, 0.1) is 11.1 Å². The molecule has 0 bridgehead atoms. The summed E-state index contributed by atoms with van der Waals surface area (Å²) in [4.78, 5) is 23.9. The number of aliphatic hydroxyl groups is 1. The van der Waals surface area contributed by atoms with Gasteiger partial charge in [-0.1, -0.05) is 29.3 Å². The summed E-state index contributed by atoms with van der Waals surface area (Å²) in [5.74, 6) is -0.325. The third kappa shape index (κ3) is 5.60. The smallest absolute Gasteiger partial charge is 0.188 e. The van der Waals surface area contributed by atoms with Gasteiger partial charge in [-0.05, 0) is 76.6 Å². The molecule has 1 aliphatic rings. The number of Topliss-reactive ketones (excluding diaryl/α,β-unsaturated/α-hetero) is 2. The predicted molar refractivity (Wildman–Crippen MR) is 118 cm³/mol. The number of carbonyl (C=O) groups is 2. The highest BCUT2D eigenvalue weighted by Crippen LogP contribution is 2.34. The Balaban J connectivity index is 2.01. The summed E-state index contributed by atoms with van der Waals surface area (Å²) in [5, 5.41) is 19.6. The van der Waals surface area contributed by atoms with Gasteiger partial charge in [-0.25, -0.2) is 0 Å². The first kappa shape index (κ1) is 24.3. The topological polar surface area (TPSA) is 83.8 Å². The summed E-state index contributed by atoms with van der Waals surface area (Å²) in [7, 11) is 0. The van der Waals surface area contributed by atoms with Crippen LogP contribution in [0.25, 0.3) is 0 Å². The lowest BCUT2D eigenvalue weighted by Gasteiger charge is -2.18. The number of ketones is 2. The van der Waals surface area contributed by atoms with Crippen molar-refractivity contribution >= 4 is 23.2 Å². The van der Waals surface area contributed by atoms with Crippen molar-refractivity contribution in [3.8, 4) is 5.75 Å². The van der Waals surface area contributed by atoms with Crippen LogP contribution in [0.5, 0.6) is 5.75 Å². The summed E-state index contributed by atoms with van der Waals surface area (Å²) >= 11 is 6.17. The zero-order valence-electron chi connectivity index (χ0n) is 18.3. The number of aromatic hydroxyl groups is 1. The molecule has 30 heavy (non-hydrogen) atoms. The fourth-order valence-electron chi connectivity index (χ4n) is 3.49. The summed E-state index contributed by atoms with van der Waals surface area (Å²) in [6.45, 7) is 8.66. The average molecular weight is 435 g/mol. The molecule has 0 spiro atoms. The van der Waals surface area contributed by atoms with Crippen LogP contribution in [0.2, 0.25) is 5.02 Å². The second-order valence-electron chi connectivity index (χ2n) is 8.44. The van der Waals surface area contributed by atoms with E-state index < -0.39 is 18.0 Å². The normalized spacial score (nSPS) is 19.4. The maximum Gasteiger partial charge on any atom is 0.188 e. The first-order valence-corrected chi connectivity index (χ1v) is 10.5. The maximum absolute atomic E-state index is 11.9. The Morgan fingerprint density at radius 3 is 2.57 bits per heavy atom. The molecule has 2 rings (SSSR count). The molecule has 1 fully saturated rings. The van der Waals surface area contributed by atoms with E-state index in [0.29, 0.717) is 29.5 Å². The Bertz CT molecular complexity index is 895. The molecule has 6 heteroatoms. The van der Waals surface area contributed by atoms with Crippen LogP contribution in [0.4, 0.5) is 0 Å². The van der Waals surface area contributed by atoms with Gasteiger partial charge in [0.1, 0.15) is 18.0 Å². The van der Waals surface area contributed by atoms with Crippen LogP contribution < -0.4 is 0 Å². The van der Waals surface area contributed by atoms with Crippen LogP contribution in [0, 0.1) is 6.92 Å². The van der Waals surface area contributed by atoms with Gasteiger partial charge >= 0.3 is 0 Å². The highest BCUT2D eigenvalue weighted by atomic mass is 35.5. The number of benzene rings is 1. The van der Waals surface area contributed by atoms with Crippen molar-refractivity contribution in [1.82, 2.24) is 0 Å². The molecule has 0 amide bonds. The quantitative estimate of drug-likeness (QED) is 0.450. The van der Waals surface area contributed by atoms with Crippen LogP contribution in [0.3, 0.4) is 0 Å². The van der Waals surface area contributed by atoms with E-state index in [9.17, 15) is 14.7 Å².